The van der Waals surface area contributed by atoms with Crippen LogP contribution in [0.1, 0.15) is 17.0 Å². The minimum absolute atomic E-state index is 0.0396. The maximum Gasteiger partial charge on any atom is 0.135 e. The summed E-state index contributed by atoms with van der Waals surface area (Å²) in [4.78, 5) is 4.40. The van der Waals surface area contributed by atoms with Gasteiger partial charge in [0.05, 0.1) is 17.8 Å². The lowest BCUT2D eigenvalue weighted by atomic mass is 10.1. The average molecular weight is 275 g/mol. The van der Waals surface area contributed by atoms with E-state index in [-0.39, 0.29) is 10.6 Å². The topological polar surface area (TPSA) is 50.9 Å². The van der Waals surface area contributed by atoms with Crippen LogP contribution in [0.4, 0.5) is 10.1 Å². The van der Waals surface area contributed by atoms with Gasteiger partial charge in [0.15, 0.2) is 0 Å². The van der Waals surface area contributed by atoms with Crippen LogP contribution in [-0.2, 0) is 6.54 Å². The molecule has 0 bridgehead atoms. The molecule has 3 nitrogen and oxygen atoms in total. The van der Waals surface area contributed by atoms with Crippen molar-refractivity contribution in [1.29, 1.82) is 0 Å². The lowest BCUT2D eigenvalue weighted by Crippen LogP contribution is -2.15. The van der Waals surface area contributed by atoms with Crippen molar-refractivity contribution in [3.8, 4) is 0 Å². The van der Waals surface area contributed by atoms with E-state index in [0.29, 0.717) is 12.2 Å². The fraction of sp³-hybridized carbons (Fsp3) is 0.143. The molecule has 98 valence electrons. The summed E-state index contributed by atoms with van der Waals surface area (Å²) >= 11 is 4.87. The number of nitrogens with two attached hydrogens (primary N) is 1. The molecule has 0 radical (unpaired) electrons. The van der Waals surface area contributed by atoms with Gasteiger partial charge >= 0.3 is 0 Å². The molecule has 1 aromatic carbocycles. The van der Waals surface area contributed by atoms with Gasteiger partial charge in [-0.25, -0.2) is 4.39 Å². The summed E-state index contributed by atoms with van der Waals surface area (Å²) in [5.74, 6) is -0.422. The van der Waals surface area contributed by atoms with Crippen LogP contribution in [0.2, 0.25) is 0 Å². The molecular weight excluding hydrogens is 261 g/mol. The van der Waals surface area contributed by atoms with Crippen molar-refractivity contribution in [2.75, 3.05) is 5.32 Å². The molecule has 0 aliphatic rings. The number of anilines is 1. The molecule has 2 rings (SSSR count). The first-order chi connectivity index (χ1) is 9.08. The number of thiocarbonyl (C=S) groups is 1. The van der Waals surface area contributed by atoms with Crippen molar-refractivity contribution >= 4 is 22.9 Å². The summed E-state index contributed by atoms with van der Waals surface area (Å²) in [6, 6.07) is 10.5. The van der Waals surface area contributed by atoms with E-state index in [1.807, 2.05) is 25.1 Å². The van der Waals surface area contributed by atoms with Crippen molar-refractivity contribution in [2.24, 2.45) is 5.73 Å². The van der Waals surface area contributed by atoms with E-state index in [0.717, 1.165) is 11.4 Å². The predicted octanol–water partition coefficient (Wildman–Crippen LogP) is 2.78. The Hall–Kier alpha value is -2.01. The number of nitrogens with one attached hydrogen (secondary N) is 1. The van der Waals surface area contributed by atoms with Gasteiger partial charge in [0.2, 0.25) is 0 Å². The first kappa shape index (κ1) is 13.4. The van der Waals surface area contributed by atoms with Crippen LogP contribution in [0, 0.1) is 12.7 Å². The summed E-state index contributed by atoms with van der Waals surface area (Å²) in [5.41, 5.74) is 8.18. The highest BCUT2D eigenvalue weighted by Gasteiger charge is 2.10. The Morgan fingerprint density at radius 2 is 2.05 bits per heavy atom. The Morgan fingerprint density at radius 3 is 2.74 bits per heavy atom. The number of benzene rings is 1. The van der Waals surface area contributed by atoms with E-state index >= 15 is 0 Å². The van der Waals surface area contributed by atoms with Crippen molar-refractivity contribution in [1.82, 2.24) is 4.98 Å². The lowest BCUT2D eigenvalue weighted by Gasteiger charge is -2.11. The van der Waals surface area contributed by atoms with Crippen LogP contribution in [0.5, 0.6) is 0 Å². The number of aryl methyl sites for hydroxylation is 1. The van der Waals surface area contributed by atoms with E-state index in [1.54, 1.807) is 12.1 Å². The molecule has 0 aliphatic carbocycles. The van der Waals surface area contributed by atoms with Crippen LogP contribution in [0.15, 0.2) is 36.4 Å². The molecule has 19 heavy (non-hydrogen) atoms. The maximum atomic E-state index is 13.7. The standard InChI is InChI=1S/C14H14FN3S/c1-9-4-2-5-10(18-9)8-17-12-7-3-6-11(15)13(12)14(16)19/h2-7,17H,8H2,1H3,(H2,16,19). The van der Waals surface area contributed by atoms with Gasteiger partial charge in [-0.2, -0.15) is 0 Å². The zero-order valence-electron chi connectivity index (χ0n) is 10.5. The molecule has 5 heteroatoms. The molecule has 0 fully saturated rings. The van der Waals surface area contributed by atoms with Crippen LogP contribution in [-0.4, -0.2) is 9.97 Å². The maximum absolute atomic E-state index is 13.7. The third-order valence-electron chi connectivity index (χ3n) is 2.67. The SMILES string of the molecule is Cc1cccc(CNc2cccc(F)c2C(N)=S)n1. The number of hydrogen-bond donors (Lipinski definition) is 2. The second-order valence-corrected chi connectivity index (χ2v) is 4.59. The van der Waals surface area contributed by atoms with Crippen molar-refractivity contribution in [2.45, 2.75) is 13.5 Å². The second kappa shape index (κ2) is 5.75. The van der Waals surface area contributed by atoms with Crippen LogP contribution >= 0.6 is 12.2 Å². The second-order valence-electron chi connectivity index (χ2n) is 4.15. The van der Waals surface area contributed by atoms with Crippen molar-refractivity contribution in [3.05, 3.63) is 59.2 Å². The molecule has 3 N–H and O–H groups in total. The third-order valence-corrected chi connectivity index (χ3v) is 2.87. The van der Waals surface area contributed by atoms with E-state index in [1.165, 1.54) is 6.07 Å². The van der Waals surface area contributed by atoms with E-state index in [9.17, 15) is 4.39 Å². The lowest BCUT2D eigenvalue weighted by molar-refractivity contribution is 0.626. The van der Waals surface area contributed by atoms with Gasteiger partial charge in [-0.3, -0.25) is 4.98 Å². The Morgan fingerprint density at radius 1 is 1.32 bits per heavy atom. The van der Waals surface area contributed by atoms with Gasteiger partial charge in [-0.05, 0) is 31.2 Å². The summed E-state index contributed by atoms with van der Waals surface area (Å²) in [6.07, 6.45) is 0. The molecule has 0 atom stereocenters. The molecule has 0 aliphatic heterocycles. The fourth-order valence-corrected chi connectivity index (χ4v) is 2.01. The Kier molecular flexibility index (Phi) is 4.06. The Bertz CT molecular complexity index is 613. The summed E-state index contributed by atoms with van der Waals surface area (Å²) in [7, 11) is 0. The van der Waals surface area contributed by atoms with Gasteiger partial charge in [0.1, 0.15) is 10.8 Å². The van der Waals surface area contributed by atoms with Crippen molar-refractivity contribution < 1.29 is 4.39 Å². The number of nitrogens with zero attached hydrogens (tertiary/aromatic N) is 1. The van der Waals surface area contributed by atoms with Crippen LogP contribution < -0.4 is 11.1 Å². The molecule has 0 saturated heterocycles. The zero-order chi connectivity index (χ0) is 13.8. The number of aromatic nitrogens is 1. The number of hydrogen-bond acceptors (Lipinski definition) is 3. The predicted molar refractivity (Wildman–Crippen MR) is 78.6 cm³/mol. The number of halogens is 1. The molecule has 2 aromatic rings. The van der Waals surface area contributed by atoms with Crippen LogP contribution in [0.3, 0.4) is 0 Å². The highest BCUT2D eigenvalue weighted by molar-refractivity contribution is 7.80. The van der Waals surface area contributed by atoms with Gasteiger partial charge in [-0.1, -0.05) is 24.4 Å². The summed E-state index contributed by atoms with van der Waals surface area (Å²) in [6.45, 7) is 2.41. The van der Waals surface area contributed by atoms with Gasteiger partial charge in [0.25, 0.3) is 0 Å². The largest absolute Gasteiger partial charge is 0.389 e. The molecule has 1 aromatic heterocycles. The minimum atomic E-state index is -0.422. The fourth-order valence-electron chi connectivity index (χ4n) is 1.81. The Labute approximate surface area is 116 Å². The smallest absolute Gasteiger partial charge is 0.135 e. The molecule has 0 amide bonds. The molecule has 0 spiro atoms. The third kappa shape index (κ3) is 3.26. The highest BCUT2D eigenvalue weighted by Crippen LogP contribution is 2.19. The monoisotopic (exact) mass is 275 g/mol. The highest BCUT2D eigenvalue weighted by atomic mass is 32.1. The molecular formula is C14H14FN3S. The van der Waals surface area contributed by atoms with E-state index in [4.69, 9.17) is 18.0 Å². The van der Waals surface area contributed by atoms with Crippen LogP contribution in [0.25, 0.3) is 0 Å². The first-order valence-corrected chi connectivity index (χ1v) is 6.23. The minimum Gasteiger partial charge on any atom is -0.389 e. The number of rotatable bonds is 4. The molecule has 1 heterocycles. The van der Waals surface area contributed by atoms with Crippen molar-refractivity contribution in [3.63, 3.8) is 0 Å². The number of pyridine rings is 1. The van der Waals surface area contributed by atoms with E-state index < -0.39 is 5.82 Å². The van der Waals surface area contributed by atoms with Gasteiger partial charge in [0, 0.05) is 11.4 Å². The molecule has 0 unspecified atom stereocenters. The van der Waals surface area contributed by atoms with E-state index in [2.05, 4.69) is 10.3 Å². The van der Waals surface area contributed by atoms with Gasteiger partial charge in [-0.15, -0.1) is 0 Å². The first-order valence-electron chi connectivity index (χ1n) is 5.82. The van der Waals surface area contributed by atoms with Gasteiger partial charge < -0.3 is 11.1 Å². The Balaban J connectivity index is 2.20. The average Bonchev–Trinajstić information content (AvgIpc) is 2.36. The quantitative estimate of drug-likeness (QED) is 0.842. The summed E-state index contributed by atoms with van der Waals surface area (Å²) < 4.78 is 13.7. The summed E-state index contributed by atoms with van der Waals surface area (Å²) in [5, 5.41) is 3.11. The zero-order valence-corrected chi connectivity index (χ0v) is 11.3. The normalized spacial score (nSPS) is 10.2. The molecule has 0 saturated carbocycles.